The van der Waals surface area contributed by atoms with Crippen molar-refractivity contribution in [3.05, 3.63) is 89.2 Å². The summed E-state index contributed by atoms with van der Waals surface area (Å²) in [5.41, 5.74) is 5.91. The molecule has 1 fully saturated rings. The number of amides is 1. The molecule has 38 heavy (non-hydrogen) atoms. The van der Waals surface area contributed by atoms with Gasteiger partial charge in [0, 0.05) is 23.9 Å². The molecule has 0 unspecified atom stereocenters. The molecule has 7 heteroatoms. The minimum atomic E-state index is -1.08. The number of hydrogen-bond donors (Lipinski definition) is 1. The zero-order chi connectivity index (χ0) is 25.7. The smallest absolute Gasteiger partial charge is 0.226 e. The van der Waals surface area contributed by atoms with Crippen LogP contribution in [0, 0.1) is 0 Å². The predicted octanol–water partition coefficient (Wildman–Crippen LogP) is 5.10. The Morgan fingerprint density at radius 3 is 2.66 bits per heavy atom. The van der Waals surface area contributed by atoms with Crippen molar-refractivity contribution in [2.24, 2.45) is 0 Å². The van der Waals surface area contributed by atoms with Crippen molar-refractivity contribution in [2.75, 3.05) is 13.1 Å². The molecule has 0 spiro atoms. The van der Waals surface area contributed by atoms with Crippen molar-refractivity contribution >= 4 is 27.8 Å². The van der Waals surface area contributed by atoms with Gasteiger partial charge in [0.25, 0.3) is 0 Å². The maximum Gasteiger partial charge on any atom is 0.226 e. The van der Waals surface area contributed by atoms with Gasteiger partial charge < -0.3 is 14.4 Å². The Bertz CT molecular complexity index is 1660. The largest absolute Gasteiger partial charge is 0.456 e. The molecule has 1 amide bonds. The number of aliphatic hydroxyl groups is 1. The Morgan fingerprint density at radius 1 is 0.947 bits per heavy atom. The molecule has 192 valence electrons. The molecule has 2 aliphatic rings. The van der Waals surface area contributed by atoms with E-state index in [2.05, 4.69) is 34.6 Å². The number of fused-ring (bicyclic) bond motifs is 4. The molecule has 7 rings (SSSR count). The second-order valence-corrected chi connectivity index (χ2v) is 10.7. The fraction of sp³-hybridized carbons (Fsp3) is 0.323. The summed E-state index contributed by atoms with van der Waals surface area (Å²) in [4.78, 5) is 15.0. The second-order valence-electron chi connectivity index (χ2n) is 10.7. The standard InChI is InChI=1S/C31H30N4O3/c36-30(19-21-12-13-28-25(18-21)24-9-3-4-11-27(24)38-28)34-16-14-31(37,15-17-34)29-20-35(33-32-29)26-10-5-7-22-6-1-2-8-23(22)26/h3-5,7,9-13,18,20,37H,1-2,6,8,14-17,19H2. The van der Waals surface area contributed by atoms with Crippen LogP contribution in [0.25, 0.3) is 27.6 Å². The Labute approximate surface area is 220 Å². The fourth-order valence-electron chi connectivity index (χ4n) is 6.12. The molecular weight excluding hydrogens is 476 g/mol. The van der Waals surface area contributed by atoms with Crippen LogP contribution in [0.2, 0.25) is 0 Å². The lowest BCUT2D eigenvalue weighted by atomic mass is 9.88. The first kappa shape index (κ1) is 23.2. The van der Waals surface area contributed by atoms with Gasteiger partial charge >= 0.3 is 0 Å². The van der Waals surface area contributed by atoms with E-state index in [4.69, 9.17) is 4.42 Å². The normalized spacial score (nSPS) is 17.1. The van der Waals surface area contributed by atoms with Crippen LogP contribution in [0.5, 0.6) is 0 Å². The Kier molecular flexibility index (Phi) is 5.55. The van der Waals surface area contributed by atoms with Crippen molar-refractivity contribution in [1.82, 2.24) is 19.9 Å². The summed E-state index contributed by atoms with van der Waals surface area (Å²) in [6.07, 6.45) is 7.63. The number of likely N-dealkylation sites (tertiary alicyclic amines) is 1. The number of nitrogens with zero attached hydrogens (tertiary/aromatic N) is 4. The average molecular weight is 507 g/mol. The molecule has 1 aliphatic heterocycles. The van der Waals surface area contributed by atoms with Crippen LogP contribution >= 0.6 is 0 Å². The van der Waals surface area contributed by atoms with Crippen molar-refractivity contribution in [2.45, 2.75) is 50.5 Å². The van der Waals surface area contributed by atoms with Crippen LogP contribution in [0.4, 0.5) is 0 Å². The molecule has 1 saturated heterocycles. The summed E-state index contributed by atoms with van der Waals surface area (Å²) < 4.78 is 7.73. The minimum absolute atomic E-state index is 0.0683. The Balaban J connectivity index is 1.04. The maximum atomic E-state index is 13.2. The lowest BCUT2D eigenvalue weighted by Gasteiger charge is -2.37. The van der Waals surface area contributed by atoms with Gasteiger partial charge in [-0.25, -0.2) is 4.68 Å². The van der Waals surface area contributed by atoms with Crippen molar-refractivity contribution < 1.29 is 14.3 Å². The van der Waals surface area contributed by atoms with Gasteiger partial charge in [0.1, 0.15) is 22.5 Å². The lowest BCUT2D eigenvalue weighted by molar-refractivity contribution is -0.135. The van der Waals surface area contributed by atoms with Crippen molar-refractivity contribution in [3.63, 3.8) is 0 Å². The third-order valence-electron chi connectivity index (χ3n) is 8.33. The first-order chi connectivity index (χ1) is 18.6. The maximum absolute atomic E-state index is 13.2. The molecule has 0 radical (unpaired) electrons. The van der Waals surface area contributed by atoms with Crippen LogP contribution in [-0.4, -0.2) is 44.0 Å². The van der Waals surface area contributed by atoms with Crippen molar-refractivity contribution in [3.8, 4) is 5.69 Å². The van der Waals surface area contributed by atoms with E-state index in [1.54, 1.807) is 0 Å². The topological polar surface area (TPSA) is 84.4 Å². The van der Waals surface area contributed by atoms with E-state index in [9.17, 15) is 9.90 Å². The van der Waals surface area contributed by atoms with Crippen LogP contribution in [0.1, 0.15) is 48.1 Å². The number of furan rings is 1. The van der Waals surface area contributed by atoms with Gasteiger partial charge in [-0.15, -0.1) is 5.10 Å². The van der Waals surface area contributed by atoms with Crippen LogP contribution in [0.15, 0.2) is 71.3 Å². The van der Waals surface area contributed by atoms with E-state index < -0.39 is 5.60 Å². The number of aryl methyl sites for hydroxylation is 1. The molecule has 2 aromatic heterocycles. The van der Waals surface area contributed by atoms with E-state index in [0.717, 1.165) is 46.0 Å². The molecule has 1 N–H and O–H groups in total. The van der Waals surface area contributed by atoms with E-state index in [1.165, 1.54) is 24.0 Å². The highest BCUT2D eigenvalue weighted by molar-refractivity contribution is 6.05. The van der Waals surface area contributed by atoms with Gasteiger partial charge in [0.2, 0.25) is 5.91 Å². The third-order valence-corrected chi connectivity index (χ3v) is 8.33. The molecule has 7 nitrogen and oxygen atoms in total. The summed E-state index contributed by atoms with van der Waals surface area (Å²) in [7, 11) is 0. The van der Waals surface area contributed by atoms with Gasteiger partial charge in [-0.3, -0.25) is 4.79 Å². The van der Waals surface area contributed by atoms with Gasteiger partial charge in [-0.1, -0.05) is 41.6 Å². The molecule has 0 atom stereocenters. The van der Waals surface area contributed by atoms with Crippen LogP contribution < -0.4 is 0 Å². The zero-order valence-electron chi connectivity index (χ0n) is 21.3. The number of carbonyl (C=O) groups excluding carboxylic acids is 1. The SMILES string of the molecule is O=C(Cc1ccc2oc3ccccc3c2c1)N1CCC(O)(c2cn(-c3cccc4c3CCCC4)nn2)CC1. The molecule has 5 aromatic rings. The summed E-state index contributed by atoms with van der Waals surface area (Å²) in [6, 6.07) is 20.3. The van der Waals surface area contributed by atoms with Gasteiger partial charge in [0.15, 0.2) is 0 Å². The quantitative estimate of drug-likeness (QED) is 0.367. The van der Waals surface area contributed by atoms with Gasteiger partial charge in [-0.05, 0) is 79.5 Å². The summed E-state index contributed by atoms with van der Waals surface area (Å²) in [6.45, 7) is 0.972. The minimum Gasteiger partial charge on any atom is -0.456 e. The highest BCUT2D eigenvalue weighted by Gasteiger charge is 2.38. The number of hydrogen-bond acceptors (Lipinski definition) is 5. The lowest BCUT2D eigenvalue weighted by Crippen LogP contribution is -2.45. The highest BCUT2D eigenvalue weighted by Crippen LogP contribution is 2.34. The first-order valence-electron chi connectivity index (χ1n) is 13.5. The summed E-state index contributed by atoms with van der Waals surface area (Å²) in [5, 5.41) is 22.3. The van der Waals surface area contributed by atoms with Gasteiger partial charge in [-0.2, -0.15) is 0 Å². The first-order valence-corrected chi connectivity index (χ1v) is 13.5. The van der Waals surface area contributed by atoms with E-state index in [-0.39, 0.29) is 5.91 Å². The molecule has 3 heterocycles. The fourth-order valence-corrected chi connectivity index (χ4v) is 6.12. The molecule has 1 aliphatic carbocycles. The van der Waals surface area contributed by atoms with Crippen LogP contribution in [0.3, 0.4) is 0 Å². The summed E-state index contributed by atoms with van der Waals surface area (Å²) in [5.74, 6) is 0.0683. The van der Waals surface area contributed by atoms with Crippen molar-refractivity contribution in [1.29, 1.82) is 0 Å². The number of aromatic nitrogens is 3. The highest BCUT2D eigenvalue weighted by atomic mass is 16.3. The average Bonchev–Trinajstić information content (AvgIpc) is 3.59. The van der Waals surface area contributed by atoms with E-state index in [1.807, 2.05) is 52.2 Å². The molecule has 3 aromatic carbocycles. The predicted molar refractivity (Wildman–Crippen MR) is 145 cm³/mol. The number of para-hydroxylation sites is 1. The number of rotatable bonds is 4. The Hall–Kier alpha value is -3.97. The zero-order valence-corrected chi connectivity index (χ0v) is 21.3. The number of piperidine rings is 1. The summed E-state index contributed by atoms with van der Waals surface area (Å²) >= 11 is 0. The monoisotopic (exact) mass is 506 g/mol. The van der Waals surface area contributed by atoms with E-state index >= 15 is 0 Å². The molecule has 0 saturated carbocycles. The number of benzene rings is 3. The third kappa shape index (κ3) is 3.98. The second kappa shape index (κ2) is 9.10. The molecular formula is C31H30N4O3. The number of carbonyl (C=O) groups is 1. The van der Waals surface area contributed by atoms with Gasteiger partial charge in [0.05, 0.1) is 18.3 Å². The van der Waals surface area contributed by atoms with Crippen LogP contribution in [-0.2, 0) is 29.7 Å². The Morgan fingerprint density at radius 2 is 1.76 bits per heavy atom. The van der Waals surface area contributed by atoms with E-state index in [0.29, 0.717) is 38.0 Å². The molecule has 0 bridgehead atoms.